The molecule has 0 saturated heterocycles. The first-order chi connectivity index (χ1) is 9.49. The number of ether oxygens (including phenoxy) is 1. The first kappa shape index (κ1) is 17.2. The predicted molar refractivity (Wildman–Crippen MR) is 83.8 cm³/mol. The Morgan fingerprint density at radius 2 is 1.95 bits per heavy atom. The van der Waals surface area contributed by atoms with Gasteiger partial charge in [0.05, 0.1) is 18.8 Å². The fraction of sp³-hybridized carbons (Fsp3) is 0.812. The fourth-order valence-electron chi connectivity index (χ4n) is 1.92. The van der Waals surface area contributed by atoms with Gasteiger partial charge < -0.3 is 10.1 Å². The minimum atomic E-state index is 0.680. The zero-order chi connectivity index (χ0) is 15.0. The molecule has 0 bridgehead atoms. The van der Waals surface area contributed by atoms with Gasteiger partial charge >= 0.3 is 0 Å². The van der Waals surface area contributed by atoms with E-state index in [-0.39, 0.29) is 0 Å². The Kier molecular flexibility index (Phi) is 7.85. The van der Waals surface area contributed by atoms with Gasteiger partial charge in [-0.2, -0.15) is 5.10 Å². The molecule has 1 heterocycles. The maximum atomic E-state index is 5.63. The summed E-state index contributed by atoms with van der Waals surface area (Å²) < 4.78 is 7.63. The van der Waals surface area contributed by atoms with Gasteiger partial charge in [-0.1, -0.05) is 27.7 Å². The Balaban J connectivity index is 2.26. The first-order valence-corrected chi connectivity index (χ1v) is 7.80. The summed E-state index contributed by atoms with van der Waals surface area (Å²) in [5.74, 6) is 1.39. The van der Waals surface area contributed by atoms with Crippen LogP contribution in [0.4, 0.5) is 0 Å². The molecule has 1 aromatic heterocycles. The zero-order valence-corrected chi connectivity index (χ0v) is 13.8. The van der Waals surface area contributed by atoms with Crippen LogP contribution in [-0.2, 0) is 17.8 Å². The minimum absolute atomic E-state index is 0.680. The van der Waals surface area contributed by atoms with Crippen LogP contribution >= 0.6 is 0 Å². The SMILES string of the molecule is Cc1nn(CCOCCC(C)C)cc1CNCC(C)C. The monoisotopic (exact) mass is 281 g/mol. The lowest BCUT2D eigenvalue weighted by Crippen LogP contribution is -2.19. The molecule has 0 spiro atoms. The molecule has 0 fully saturated rings. The van der Waals surface area contributed by atoms with Crippen LogP contribution in [0, 0.1) is 18.8 Å². The van der Waals surface area contributed by atoms with Crippen molar-refractivity contribution >= 4 is 0 Å². The molecule has 0 aliphatic carbocycles. The lowest BCUT2D eigenvalue weighted by molar-refractivity contribution is 0.114. The highest BCUT2D eigenvalue weighted by Crippen LogP contribution is 2.06. The second-order valence-electron chi connectivity index (χ2n) is 6.32. The van der Waals surface area contributed by atoms with Crippen LogP contribution in [0.3, 0.4) is 0 Å². The Labute approximate surface area is 123 Å². The van der Waals surface area contributed by atoms with Crippen molar-refractivity contribution in [2.45, 2.75) is 54.1 Å². The van der Waals surface area contributed by atoms with Crippen LogP contribution in [0.25, 0.3) is 0 Å². The van der Waals surface area contributed by atoms with E-state index in [4.69, 9.17) is 4.74 Å². The lowest BCUT2D eigenvalue weighted by atomic mass is 10.1. The average molecular weight is 281 g/mol. The van der Waals surface area contributed by atoms with E-state index in [1.165, 1.54) is 5.56 Å². The van der Waals surface area contributed by atoms with Crippen molar-refractivity contribution in [3.63, 3.8) is 0 Å². The quantitative estimate of drug-likeness (QED) is 0.670. The van der Waals surface area contributed by atoms with E-state index in [1.807, 2.05) is 4.68 Å². The van der Waals surface area contributed by atoms with Crippen LogP contribution in [0.15, 0.2) is 6.20 Å². The molecule has 0 radical (unpaired) electrons. The molecule has 0 saturated carbocycles. The van der Waals surface area contributed by atoms with Crippen molar-refractivity contribution in [2.24, 2.45) is 11.8 Å². The van der Waals surface area contributed by atoms with E-state index < -0.39 is 0 Å². The molecular formula is C16H31N3O. The normalized spacial score (nSPS) is 11.8. The molecule has 116 valence electrons. The van der Waals surface area contributed by atoms with Gasteiger partial charge in [0, 0.05) is 24.9 Å². The predicted octanol–water partition coefficient (Wildman–Crippen LogP) is 3.00. The topological polar surface area (TPSA) is 39.1 Å². The molecule has 4 heteroatoms. The summed E-state index contributed by atoms with van der Waals surface area (Å²) in [6, 6.07) is 0. The fourth-order valence-corrected chi connectivity index (χ4v) is 1.92. The molecule has 1 rings (SSSR count). The molecule has 0 aromatic carbocycles. The molecular weight excluding hydrogens is 250 g/mol. The van der Waals surface area contributed by atoms with Crippen molar-refractivity contribution < 1.29 is 4.74 Å². The Morgan fingerprint density at radius 1 is 1.20 bits per heavy atom. The van der Waals surface area contributed by atoms with Crippen LogP contribution in [0.2, 0.25) is 0 Å². The maximum absolute atomic E-state index is 5.63. The van der Waals surface area contributed by atoms with Gasteiger partial charge in [-0.25, -0.2) is 0 Å². The van der Waals surface area contributed by atoms with E-state index in [0.29, 0.717) is 11.8 Å². The molecule has 0 amide bonds. The standard InChI is InChI=1S/C16H31N3O/c1-13(2)6-8-20-9-7-19-12-16(15(5)18-19)11-17-10-14(3)4/h12-14,17H,6-11H2,1-5H3. The first-order valence-electron chi connectivity index (χ1n) is 7.80. The summed E-state index contributed by atoms with van der Waals surface area (Å²) in [7, 11) is 0. The van der Waals surface area contributed by atoms with Crippen molar-refractivity contribution in [2.75, 3.05) is 19.8 Å². The number of aryl methyl sites for hydroxylation is 1. The number of nitrogens with zero attached hydrogens (tertiary/aromatic N) is 2. The molecule has 0 atom stereocenters. The summed E-state index contributed by atoms with van der Waals surface area (Å²) >= 11 is 0. The van der Waals surface area contributed by atoms with Crippen molar-refractivity contribution in [3.8, 4) is 0 Å². The van der Waals surface area contributed by atoms with Gasteiger partial charge in [-0.15, -0.1) is 0 Å². The van der Waals surface area contributed by atoms with Crippen molar-refractivity contribution in [1.29, 1.82) is 0 Å². The summed E-state index contributed by atoms with van der Waals surface area (Å²) in [6.07, 6.45) is 3.26. The second kappa shape index (κ2) is 9.14. The summed E-state index contributed by atoms with van der Waals surface area (Å²) in [5, 5.41) is 8.00. The molecule has 0 aliphatic rings. The van der Waals surface area contributed by atoms with Crippen LogP contribution < -0.4 is 5.32 Å². The van der Waals surface area contributed by atoms with Gasteiger partial charge in [0.2, 0.25) is 0 Å². The largest absolute Gasteiger partial charge is 0.380 e. The zero-order valence-electron chi connectivity index (χ0n) is 13.8. The number of rotatable bonds is 10. The van der Waals surface area contributed by atoms with Gasteiger partial charge in [0.25, 0.3) is 0 Å². The van der Waals surface area contributed by atoms with E-state index >= 15 is 0 Å². The lowest BCUT2D eigenvalue weighted by Gasteiger charge is -2.06. The third kappa shape index (κ3) is 7.06. The molecule has 0 aliphatic heterocycles. The number of hydrogen-bond donors (Lipinski definition) is 1. The summed E-state index contributed by atoms with van der Waals surface area (Å²) in [4.78, 5) is 0. The molecule has 4 nitrogen and oxygen atoms in total. The molecule has 20 heavy (non-hydrogen) atoms. The molecule has 1 aromatic rings. The van der Waals surface area contributed by atoms with E-state index in [1.54, 1.807) is 0 Å². The summed E-state index contributed by atoms with van der Waals surface area (Å²) in [5.41, 5.74) is 2.40. The van der Waals surface area contributed by atoms with E-state index in [2.05, 4.69) is 51.2 Å². The molecule has 1 N–H and O–H groups in total. The average Bonchev–Trinajstić information content (AvgIpc) is 2.69. The summed E-state index contributed by atoms with van der Waals surface area (Å²) in [6.45, 7) is 15.3. The van der Waals surface area contributed by atoms with E-state index in [9.17, 15) is 0 Å². The van der Waals surface area contributed by atoms with Gasteiger partial charge in [-0.3, -0.25) is 4.68 Å². The van der Waals surface area contributed by atoms with Crippen LogP contribution in [-0.4, -0.2) is 29.5 Å². The highest BCUT2D eigenvalue weighted by Gasteiger charge is 2.05. The van der Waals surface area contributed by atoms with Crippen molar-refractivity contribution in [1.82, 2.24) is 15.1 Å². The second-order valence-corrected chi connectivity index (χ2v) is 6.32. The Bertz CT molecular complexity index is 372. The van der Waals surface area contributed by atoms with Gasteiger partial charge in [0.15, 0.2) is 0 Å². The van der Waals surface area contributed by atoms with Crippen LogP contribution in [0.1, 0.15) is 45.4 Å². The third-order valence-electron chi connectivity index (χ3n) is 3.22. The smallest absolute Gasteiger partial charge is 0.0662 e. The highest BCUT2D eigenvalue weighted by atomic mass is 16.5. The van der Waals surface area contributed by atoms with E-state index in [0.717, 1.165) is 45.0 Å². The van der Waals surface area contributed by atoms with Crippen LogP contribution in [0.5, 0.6) is 0 Å². The highest BCUT2D eigenvalue weighted by molar-refractivity contribution is 5.14. The third-order valence-corrected chi connectivity index (χ3v) is 3.22. The van der Waals surface area contributed by atoms with Crippen molar-refractivity contribution in [3.05, 3.63) is 17.5 Å². The number of nitrogens with one attached hydrogen (secondary N) is 1. The Morgan fingerprint density at radius 3 is 2.60 bits per heavy atom. The Hall–Kier alpha value is -0.870. The number of aromatic nitrogens is 2. The van der Waals surface area contributed by atoms with Gasteiger partial charge in [-0.05, 0) is 31.7 Å². The number of hydrogen-bond acceptors (Lipinski definition) is 3. The minimum Gasteiger partial charge on any atom is -0.380 e. The molecule has 0 unspecified atom stereocenters. The maximum Gasteiger partial charge on any atom is 0.0662 e. The van der Waals surface area contributed by atoms with Gasteiger partial charge in [0.1, 0.15) is 0 Å².